The van der Waals surface area contributed by atoms with Crippen LogP contribution < -0.4 is 0 Å². The topological polar surface area (TPSA) is 46.6 Å². The number of fused-ring (bicyclic) bond motifs is 2. The summed E-state index contributed by atoms with van der Waals surface area (Å²) >= 11 is 0. The fraction of sp³-hybridized carbons (Fsp3) is 0.357. The number of esters is 1. The largest absolute Gasteiger partial charge is 0.469 e. The summed E-state index contributed by atoms with van der Waals surface area (Å²) in [6.45, 7) is 1.55. The molecule has 0 saturated carbocycles. The lowest BCUT2D eigenvalue weighted by Gasteiger charge is -2.31. The van der Waals surface area contributed by atoms with Crippen molar-refractivity contribution >= 4 is 29.6 Å². The predicted molar refractivity (Wildman–Crippen MR) is 129 cm³/mol. The number of amides is 1. The van der Waals surface area contributed by atoms with E-state index < -0.39 is 0 Å². The minimum atomic E-state index is -0.176. The van der Waals surface area contributed by atoms with Gasteiger partial charge in [0, 0.05) is 25.9 Å². The van der Waals surface area contributed by atoms with E-state index in [9.17, 15) is 9.59 Å². The van der Waals surface area contributed by atoms with E-state index in [1.54, 1.807) is 0 Å². The maximum atomic E-state index is 12.7. The molecule has 4 nitrogen and oxygen atoms in total. The van der Waals surface area contributed by atoms with Crippen LogP contribution in [0.2, 0.25) is 0 Å². The van der Waals surface area contributed by atoms with Crippen LogP contribution in [0.3, 0.4) is 0 Å². The molecule has 1 amide bonds. The number of unbranched alkanes of at least 4 members (excludes halogenated alkanes) is 2. The summed E-state index contributed by atoms with van der Waals surface area (Å²) in [6, 6.07) is 17.2. The highest BCUT2D eigenvalue weighted by Gasteiger charge is 2.24. The van der Waals surface area contributed by atoms with E-state index in [1.807, 2.05) is 4.90 Å². The quantitative estimate of drug-likeness (QED) is 0.372. The van der Waals surface area contributed by atoms with Crippen molar-refractivity contribution in [2.45, 2.75) is 44.9 Å². The lowest BCUT2D eigenvalue weighted by atomic mass is 9.86. The highest BCUT2D eigenvalue weighted by atomic mass is 16.5. The number of hydrogen-bond acceptors (Lipinski definition) is 3. The molecule has 0 atom stereocenters. The molecule has 0 radical (unpaired) electrons. The Morgan fingerprint density at radius 2 is 1.38 bits per heavy atom. The molecule has 1 aliphatic carbocycles. The number of piperidine rings is 1. The molecule has 2 aliphatic rings. The first-order valence-electron chi connectivity index (χ1n) is 11.6. The highest BCUT2D eigenvalue weighted by molar-refractivity contribution is 5.95. The molecule has 0 bridgehead atoms. The van der Waals surface area contributed by atoms with E-state index >= 15 is 0 Å². The standard InChI is InChI=1S/C28H31NO3/c1-32-27(31)14-4-2-3-13-26(30)29-19-17-23(18-20-29)28-24-11-7-5-9-21(24)15-16-22-10-6-8-12-25(22)28/h5-12,15-16H,2-4,13-14,17-20H2,1H3. The number of likely N-dealkylation sites (tertiary alicyclic amines) is 1. The zero-order valence-electron chi connectivity index (χ0n) is 18.8. The average Bonchev–Trinajstić information content (AvgIpc) is 3.00. The number of methoxy groups -OCH3 is 1. The van der Waals surface area contributed by atoms with E-state index in [2.05, 4.69) is 65.4 Å². The second-order valence-electron chi connectivity index (χ2n) is 8.50. The predicted octanol–water partition coefficient (Wildman–Crippen LogP) is 5.72. The van der Waals surface area contributed by atoms with Crippen LogP contribution in [0, 0.1) is 0 Å². The third-order valence-corrected chi connectivity index (χ3v) is 6.48. The van der Waals surface area contributed by atoms with Crippen LogP contribution in [0.5, 0.6) is 0 Å². The van der Waals surface area contributed by atoms with Crippen LogP contribution in [-0.4, -0.2) is 37.0 Å². The fourth-order valence-electron chi connectivity index (χ4n) is 4.70. The van der Waals surface area contributed by atoms with E-state index in [4.69, 9.17) is 0 Å². The van der Waals surface area contributed by atoms with Crippen molar-refractivity contribution in [3.63, 3.8) is 0 Å². The Bertz CT molecular complexity index is 989. The van der Waals surface area contributed by atoms with Gasteiger partial charge in [0.15, 0.2) is 0 Å². The molecule has 0 N–H and O–H groups in total. The summed E-state index contributed by atoms with van der Waals surface area (Å²) in [7, 11) is 1.41. The van der Waals surface area contributed by atoms with Crippen LogP contribution in [0.4, 0.5) is 0 Å². The van der Waals surface area contributed by atoms with Gasteiger partial charge < -0.3 is 9.64 Å². The van der Waals surface area contributed by atoms with E-state index in [0.717, 1.165) is 45.2 Å². The van der Waals surface area contributed by atoms with Crippen LogP contribution in [0.15, 0.2) is 54.1 Å². The highest BCUT2D eigenvalue weighted by Crippen LogP contribution is 2.38. The van der Waals surface area contributed by atoms with Gasteiger partial charge in [0.05, 0.1) is 7.11 Å². The van der Waals surface area contributed by atoms with Gasteiger partial charge in [-0.05, 0) is 53.5 Å². The molecule has 1 heterocycles. The summed E-state index contributed by atoms with van der Waals surface area (Å²) in [5.41, 5.74) is 7.85. The number of ether oxygens (including phenoxy) is 1. The number of carbonyl (C=O) groups is 2. The minimum absolute atomic E-state index is 0.176. The number of nitrogens with zero attached hydrogens (tertiary/aromatic N) is 1. The Labute approximate surface area is 190 Å². The molecule has 4 rings (SSSR count). The third-order valence-electron chi connectivity index (χ3n) is 6.48. The molecule has 1 aliphatic heterocycles. The molecule has 1 fully saturated rings. The van der Waals surface area contributed by atoms with E-state index in [0.29, 0.717) is 12.8 Å². The van der Waals surface area contributed by atoms with Crippen LogP contribution in [0.1, 0.15) is 67.2 Å². The molecule has 2 aromatic rings. The van der Waals surface area contributed by atoms with Crippen LogP contribution in [-0.2, 0) is 14.3 Å². The van der Waals surface area contributed by atoms with Crippen molar-refractivity contribution in [1.29, 1.82) is 0 Å². The molecule has 0 unspecified atom stereocenters. The number of hydrogen-bond donors (Lipinski definition) is 0. The summed E-state index contributed by atoms with van der Waals surface area (Å²) in [5, 5.41) is 0. The molecule has 32 heavy (non-hydrogen) atoms. The molecule has 2 aromatic carbocycles. The molecular formula is C28H31NO3. The summed E-state index contributed by atoms with van der Waals surface area (Å²) < 4.78 is 4.66. The second kappa shape index (κ2) is 10.4. The zero-order valence-corrected chi connectivity index (χ0v) is 18.8. The van der Waals surface area contributed by atoms with Crippen LogP contribution >= 0.6 is 0 Å². The van der Waals surface area contributed by atoms with Crippen molar-refractivity contribution in [2.75, 3.05) is 20.2 Å². The van der Waals surface area contributed by atoms with Crippen LogP contribution in [0.25, 0.3) is 17.7 Å². The first-order chi connectivity index (χ1) is 15.7. The van der Waals surface area contributed by atoms with Gasteiger partial charge in [0.25, 0.3) is 0 Å². The molecule has 4 heteroatoms. The SMILES string of the molecule is COC(=O)CCCCCC(=O)N1CCC(=C2c3ccccc3C=Cc3ccccc32)CC1. The Morgan fingerprint density at radius 3 is 1.97 bits per heavy atom. The van der Waals surface area contributed by atoms with Gasteiger partial charge in [-0.2, -0.15) is 0 Å². The smallest absolute Gasteiger partial charge is 0.305 e. The Balaban J connectivity index is 1.43. The first kappa shape index (κ1) is 22.1. The summed E-state index contributed by atoms with van der Waals surface area (Å²) in [4.78, 5) is 25.9. The Morgan fingerprint density at radius 1 is 0.812 bits per heavy atom. The molecule has 0 aromatic heterocycles. The summed E-state index contributed by atoms with van der Waals surface area (Å²) in [5.74, 6) is 0.0558. The van der Waals surface area contributed by atoms with Crippen molar-refractivity contribution in [1.82, 2.24) is 4.90 Å². The number of benzene rings is 2. The minimum Gasteiger partial charge on any atom is -0.469 e. The first-order valence-corrected chi connectivity index (χ1v) is 11.6. The van der Waals surface area contributed by atoms with Gasteiger partial charge in [0.1, 0.15) is 0 Å². The van der Waals surface area contributed by atoms with Crippen molar-refractivity contribution in [2.24, 2.45) is 0 Å². The maximum Gasteiger partial charge on any atom is 0.305 e. The third kappa shape index (κ3) is 5.01. The lowest BCUT2D eigenvalue weighted by Crippen LogP contribution is -2.36. The second-order valence-corrected chi connectivity index (χ2v) is 8.50. The van der Waals surface area contributed by atoms with Gasteiger partial charge >= 0.3 is 5.97 Å². The molecule has 166 valence electrons. The van der Waals surface area contributed by atoms with Gasteiger partial charge in [0.2, 0.25) is 5.91 Å². The monoisotopic (exact) mass is 429 g/mol. The fourth-order valence-corrected chi connectivity index (χ4v) is 4.70. The number of carbonyl (C=O) groups excluding carboxylic acids is 2. The normalized spacial score (nSPS) is 15.1. The summed E-state index contributed by atoms with van der Waals surface area (Å²) in [6.07, 6.45) is 9.71. The zero-order chi connectivity index (χ0) is 22.3. The molecular weight excluding hydrogens is 398 g/mol. The van der Waals surface area contributed by atoms with Crippen molar-refractivity contribution in [3.05, 3.63) is 76.4 Å². The van der Waals surface area contributed by atoms with E-state index in [-0.39, 0.29) is 11.9 Å². The van der Waals surface area contributed by atoms with E-state index in [1.165, 1.54) is 40.5 Å². The maximum absolute atomic E-state index is 12.7. The molecule has 1 saturated heterocycles. The average molecular weight is 430 g/mol. The van der Waals surface area contributed by atoms with Gasteiger partial charge in [-0.25, -0.2) is 0 Å². The van der Waals surface area contributed by atoms with Crippen molar-refractivity contribution in [3.8, 4) is 0 Å². The Hall–Kier alpha value is -3.14. The van der Waals surface area contributed by atoms with Crippen molar-refractivity contribution < 1.29 is 14.3 Å². The lowest BCUT2D eigenvalue weighted by molar-refractivity contribution is -0.140. The van der Waals surface area contributed by atoms with Gasteiger partial charge in [-0.3, -0.25) is 9.59 Å². The van der Waals surface area contributed by atoms with Gasteiger partial charge in [-0.1, -0.05) is 72.7 Å². The number of rotatable bonds is 6. The molecule has 0 spiro atoms. The van der Waals surface area contributed by atoms with Gasteiger partial charge in [-0.15, -0.1) is 0 Å². The Kier molecular flexibility index (Phi) is 7.21.